The first-order chi connectivity index (χ1) is 8.94. The minimum absolute atomic E-state index is 0.167. The summed E-state index contributed by atoms with van der Waals surface area (Å²) in [4.78, 5) is 3.86. The average Bonchev–Trinajstić information content (AvgIpc) is 2.78. The first-order valence-electron chi connectivity index (χ1n) is 7.20. The summed E-state index contributed by atoms with van der Waals surface area (Å²) >= 11 is 1.81. The summed E-state index contributed by atoms with van der Waals surface area (Å²) in [7, 11) is 0. The van der Waals surface area contributed by atoms with Gasteiger partial charge in [-0.3, -0.25) is 4.90 Å². The number of nitrogens with two attached hydrogens (primary N) is 1. The zero-order chi connectivity index (χ0) is 14.0. The van der Waals surface area contributed by atoms with Gasteiger partial charge in [0.15, 0.2) is 0 Å². The fourth-order valence-electron chi connectivity index (χ4n) is 2.83. The molecule has 1 fully saturated rings. The van der Waals surface area contributed by atoms with Crippen molar-refractivity contribution in [1.29, 1.82) is 0 Å². The van der Waals surface area contributed by atoms with E-state index in [1.54, 1.807) is 0 Å². The summed E-state index contributed by atoms with van der Waals surface area (Å²) in [6.07, 6.45) is 2.66. The van der Waals surface area contributed by atoms with Gasteiger partial charge >= 0.3 is 0 Å². The third-order valence-electron chi connectivity index (χ3n) is 4.32. The van der Waals surface area contributed by atoms with E-state index >= 15 is 0 Å². The second-order valence-electron chi connectivity index (χ2n) is 6.02. The zero-order valence-corrected chi connectivity index (χ0v) is 13.0. The van der Waals surface area contributed by atoms with E-state index < -0.39 is 5.60 Å². The van der Waals surface area contributed by atoms with Crippen LogP contribution in [0, 0.1) is 6.92 Å². The topological polar surface area (TPSA) is 49.5 Å². The third kappa shape index (κ3) is 3.37. The standard InChI is InChI=1S/C15H26N2OS/c1-4-12(16)13(14-11(2)5-10-19-14)17-8-6-15(3,18)7-9-17/h5,10,12-13,18H,4,6-9,16H2,1-3H3. The van der Waals surface area contributed by atoms with Gasteiger partial charge in [-0.2, -0.15) is 0 Å². The largest absolute Gasteiger partial charge is 0.390 e. The van der Waals surface area contributed by atoms with Crippen LogP contribution in [0.15, 0.2) is 11.4 Å². The summed E-state index contributed by atoms with van der Waals surface area (Å²) in [5.74, 6) is 0. The van der Waals surface area contributed by atoms with E-state index in [1.807, 2.05) is 18.3 Å². The maximum absolute atomic E-state index is 10.1. The number of rotatable bonds is 4. The fraction of sp³-hybridized carbons (Fsp3) is 0.733. The van der Waals surface area contributed by atoms with Gasteiger partial charge in [-0.25, -0.2) is 0 Å². The van der Waals surface area contributed by atoms with Crippen molar-refractivity contribution in [3.63, 3.8) is 0 Å². The van der Waals surface area contributed by atoms with Crippen molar-refractivity contribution in [1.82, 2.24) is 4.90 Å². The Morgan fingerprint density at radius 3 is 2.58 bits per heavy atom. The maximum Gasteiger partial charge on any atom is 0.0644 e. The summed E-state index contributed by atoms with van der Waals surface area (Å²) in [6.45, 7) is 8.13. The van der Waals surface area contributed by atoms with E-state index in [0.717, 1.165) is 32.4 Å². The predicted molar refractivity (Wildman–Crippen MR) is 81.5 cm³/mol. The van der Waals surface area contributed by atoms with Crippen LogP contribution < -0.4 is 5.73 Å². The van der Waals surface area contributed by atoms with E-state index in [9.17, 15) is 5.11 Å². The van der Waals surface area contributed by atoms with Crippen LogP contribution in [0.1, 0.15) is 49.6 Å². The van der Waals surface area contributed by atoms with Gasteiger partial charge in [0.05, 0.1) is 11.6 Å². The molecule has 2 unspecified atom stereocenters. The third-order valence-corrected chi connectivity index (χ3v) is 5.41. The lowest BCUT2D eigenvalue weighted by atomic mass is 9.90. The smallest absolute Gasteiger partial charge is 0.0644 e. The minimum atomic E-state index is -0.498. The van der Waals surface area contributed by atoms with Crippen molar-refractivity contribution in [2.24, 2.45) is 5.73 Å². The van der Waals surface area contributed by atoms with Gasteiger partial charge < -0.3 is 10.8 Å². The van der Waals surface area contributed by atoms with Crippen molar-refractivity contribution in [2.75, 3.05) is 13.1 Å². The highest BCUT2D eigenvalue weighted by Gasteiger charge is 2.34. The predicted octanol–water partition coefficient (Wildman–Crippen LogP) is 2.68. The second-order valence-corrected chi connectivity index (χ2v) is 6.97. The van der Waals surface area contributed by atoms with Crippen molar-refractivity contribution in [2.45, 2.75) is 57.7 Å². The van der Waals surface area contributed by atoms with Gasteiger partial charge in [-0.15, -0.1) is 11.3 Å². The molecule has 1 aliphatic heterocycles. The minimum Gasteiger partial charge on any atom is -0.390 e. The summed E-state index contributed by atoms with van der Waals surface area (Å²) in [6, 6.07) is 2.65. The molecule has 1 aromatic heterocycles. The Hall–Kier alpha value is -0.420. The number of hydrogen-bond donors (Lipinski definition) is 2. The highest BCUT2D eigenvalue weighted by Crippen LogP contribution is 2.35. The molecular formula is C15H26N2OS. The highest BCUT2D eigenvalue weighted by atomic mass is 32.1. The lowest BCUT2D eigenvalue weighted by Crippen LogP contribution is -2.48. The molecule has 108 valence electrons. The number of aryl methyl sites for hydroxylation is 1. The summed E-state index contributed by atoms with van der Waals surface area (Å²) in [5, 5.41) is 12.3. The van der Waals surface area contributed by atoms with E-state index in [-0.39, 0.29) is 6.04 Å². The molecule has 4 heteroatoms. The highest BCUT2D eigenvalue weighted by molar-refractivity contribution is 7.10. The quantitative estimate of drug-likeness (QED) is 0.892. The molecule has 0 aromatic carbocycles. The van der Waals surface area contributed by atoms with Crippen LogP contribution in [0.25, 0.3) is 0 Å². The Kier molecular flexibility index (Phi) is 4.66. The number of likely N-dealkylation sites (tertiary alicyclic amines) is 1. The Balaban J connectivity index is 2.18. The molecule has 3 N–H and O–H groups in total. The zero-order valence-electron chi connectivity index (χ0n) is 12.2. The Labute approximate surface area is 120 Å². The number of thiophene rings is 1. The van der Waals surface area contributed by atoms with Gasteiger partial charge in [0.25, 0.3) is 0 Å². The van der Waals surface area contributed by atoms with Crippen LogP contribution in [-0.2, 0) is 0 Å². The number of nitrogens with zero attached hydrogens (tertiary/aromatic N) is 1. The first kappa shape index (κ1) is 15.0. The Morgan fingerprint density at radius 2 is 2.11 bits per heavy atom. The molecule has 0 radical (unpaired) electrons. The maximum atomic E-state index is 10.1. The Morgan fingerprint density at radius 1 is 1.47 bits per heavy atom. The molecule has 2 heterocycles. The van der Waals surface area contributed by atoms with E-state index in [4.69, 9.17) is 5.73 Å². The van der Waals surface area contributed by atoms with Crippen molar-refractivity contribution in [3.8, 4) is 0 Å². The van der Waals surface area contributed by atoms with Gasteiger partial charge in [0.2, 0.25) is 0 Å². The molecule has 3 nitrogen and oxygen atoms in total. The van der Waals surface area contributed by atoms with Gasteiger partial charge in [-0.05, 0) is 50.1 Å². The van der Waals surface area contributed by atoms with Gasteiger partial charge in [0.1, 0.15) is 0 Å². The molecule has 2 rings (SSSR count). The average molecular weight is 282 g/mol. The number of hydrogen-bond acceptors (Lipinski definition) is 4. The van der Waals surface area contributed by atoms with Crippen LogP contribution in [0.2, 0.25) is 0 Å². The monoisotopic (exact) mass is 282 g/mol. The molecule has 1 saturated heterocycles. The number of piperidine rings is 1. The molecule has 0 aliphatic carbocycles. The Bertz CT molecular complexity index is 406. The van der Waals surface area contributed by atoms with Crippen molar-refractivity contribution < 1.29 is 5.11 Å². The lowest BCUT2D eigenvalue weighted by Gasteiger charge is -2.42. The fourth-order valence-corrected chi connectivity index (χ4v) is 3.96. The van der Waals surface area contributed by atoms with Crippen LogP contribution in [-0.4, -0.2) is 34.7 Å². The molecule has 0 amide bonds. The molecule has 19 heavy (non-hydrogen) atoms. The van der Waals surface area contributed by atoms with E-state index in [0.29, 0.717) is 6.04 Å². The summed E-state index contributed by atoms with van der Waals surface area (Å²) < 4.78 is 0. The van der Waals surface area contributed by atoms with Crippen LogP contribution in [0.3, 0.4) is 0 Å². The molecule has 1 aliphatic rings. The number of aliphatic hydroxyl groups is 1. The van der Waals surface area contributed by atoms with Crippen molar-refractivity contribution >= 4 is 11.3 Å². The molecule has 0 spiro atoms. The molecular weight excluding hydrogens is 256 g/mol. The normalized spacial score (nSPS) is 23.2. The molecule has 2 atom stereocenters. The van der Waals surface area contributed by atoms with E-state index in [2.05, 4.69) is 30.2 Å². The van der Waals surface area contributed by atoms with Crippen LogP contribution in [0.5, 0.6) is 0 Å². The first-order valence-corrected chi connectivity index (χ1v) is 8.08. The molecule has 1 aromatic rings. The second kappa shape index (κ2) is 5.92. The molecule has 0 saturated carbocycles. The van der Waals surface area contributed by atoms with Gasteiger partial charge in [-0.1, -0.05) is 6.92 Å². The van der Waals surface area contributed by atoms with E-state index in [1.165, 1.54) is 10.4 Å². The van der Waals surface area contributed by atoms with Crippen LogP contribution in [0.4, 0.5) is 0 Å². The molecule has 0 bridgehead atoms. The van der Waals surface area contributed by atoms with Crippen LogP contribution >= 0.6 is 11.3 Å². The van der Waals surface area contributed by atoms with Gasteiger partial charge in [0, 0.05) is 24.0 Å². The van der Waals surface area contributed by atoms with Crippen molar-refractivity contribution in [3.05, 3.63) is 21.9 Å². The lowest BCUT2D eigenvalue weighted by molar-refractivity contribution is -0.0198. The SMILES string of the molecule is CCC(N)C(c1sccc1C)N1CCC(C)(O)CC1. The summed E-state index contributed by atoms with van der Waals surface area (Å²) in [5.41, 5.74) is 7.22.